The zero-order valence-electron chi connectivity index (χ0n) is 14.3. The van der Waals surface area contributed by atoms with Crippen LogP contribution < -0.4 is 0 Å². The Balaban J connectivity index is 1.90. The fourth-order valence-electron chi connectivity index (χ4n) is 2.59. The first-order chi connectivity index (χ1) is 12.6. The average Bonchev–Trinajstić information content (AvgIpc) is 3.05. The summed E-state index contributed by atoms with van der Waals surface area (Å²) in [6, 6.07) is 16.5. The zero-order valence-corrected chi connectivity index (χ0v) is 15.1. The van der Waals surface area contributed by atoms with Crippen molar-refractivity contribution in [1.82, 2.24) is 14.8 Å². The highest BCUT2D eigenvalue weighted by molar-refractivity contribution is 7.99. The summed E-state index contributed by atoms with van der Waals surface area (Å²) in [5, 5.41) is 20.4. The van der Waals surface area contributed by atoms with Gasteiger partial charge in [-0.3, -0.25) is 14.7 Å². The van der Waals surface area contributed by atoms with E-state index < -0.39 is 0 Å². The molecular weight excluding hydrogens is 348 g/mol. The molecule has 6 nitrogen and oxygen atoms in total. The van der Waals surface area contributed by atoms with Crippen molar-refractivity contribution >= 4 is 17.4 Å². The van der Waals surface area contributed by atoms with Gasteiger partial charge in [-0.05, 0) is 12.5 Å². The van der Waals surface area contributed by atoms with E-state index in [0.717, 1.165) is 22.1 Å². The Morgan fingerprint density at radius 2 is 2.00 bits per heavy atom. The molecule has 0 bridgehead atoms. The van der Waals surface area contributed by atoms with Crippen LogP contribution in [0.15, 0.2) is 72.4 Å². The monoisotopic (exact) mass is 366 g/mol. The van der Waals surface area contributed by atoms with Gasteiger partial charge in [0.15, 0.2) is 11.0 Å². The Morgan fingerprint density at radius 3 is 2.69 bits per heavy atom. The van der Waals surface area contributed by atoms with E-state index in [2.05, 4.69) is 16.8 Å². The average molecular weight is 366 g/mol. The molecule has 0 saturated carbocycles. The van der Waals surface area contributed by atoms with E-state index in [1.54, 1.807) is 18.2 Å². The normalized spacial score (nSPS) is 11.9. The molecule has 1 heterocycles. The first kappa shape index (κ1) is 17.9. The van der Waals surface area contributed by atoms with Gasteiger partial charge < -0.3 is 0 Å². The second-order valence-corrected chi connectivity index (χ2v) is 6.99. The maximum Gasteiger partial charge on any atom is 0.269 e. The Hall–Kier alpha value is -2.93. The van der Waals surface area contributed by atoms with Gasteiger partial charge in [-0.25, -0.2) is 0 Å². The smallest absolute Gasteiger partial charge is 0.269 e. The minimum Gasteiger partial charge on any atom is -0.298 e. The number of benzene rings is 2. The molecule has 0 aliphatic heterocycles. The number of thioether (sulfide) groups is 1. The number of non-ortho nitro benzene ring substituents is 1. The predicted molar refractivity (Wildman–Crippen MR) is 103 cm³/mol. The third-order valence-electron chi connectivity index (χ3n) is 3.89. The predicted octanol–water partition coefficient (Wildman–Crippen LogP) is 4.89. The molecule has 0 radical (unpaired) electrons. The lowest BCUT2D eigenvalue weighted by Crippen LogP contribution is -2.01. The van der Waals surface area contributed by atoms with Crippen molar-refractivity contribution in [3.8, 4) is 11.4 Å². The standard InChI is InChI=1S/C19H18N4O2S/c1-3-12-22-18(15-8-5-4-6-9-15)20-21-19(22)26-14(2)16-10-7-11-17(13-16)23(24)25/h3-11,13-14H,1,12H2,2H3/t14-/m1/s1. The molecule has 3 aromatic rings. The number of nitro benzene ring substituents is 1. The van der Waals surface area contributed by atoms with Crippen molar-refractivity contribution in [2.45, 2.75) is 23.9 Å². The summed E-state index contributed by atoms with van der Waals surface area (Å²) in [7, 11) is 0. The molecule has 0 spiro atoms. The van der Waals surface area contributed by atoms with Crippen molar-refractivity contribution in [3.63, 3.8) is 0 Å². The van der Waals surface area contributed by atoms with Crippen LogP contribution in [0.5, 0.6) is 0 Å². The fraction of sp³-hybridized carbons (Fsp3) is 0.158. The molecule has 0 N–H and O–H groups in total. The molecule has 0 saturated heterocycles. The quantitative estimate of drug-likeness (QED) is 0.257. The van der Waals surface area contributed by atoms with Gasteiger partial charge in [-0.15, -0.1) is 16.8 Å². The largest absolute Gasteiger partial charge is 0.298 e. The number of aromatic nitrogens is 3. The summed E-state index contributed by atoms with van der Waals surface area (Å²) in [5.41, 5.74) is 1.95. The summed E-state index contributed by atoms with van der Waals surface area (Å²) >= 11 is 1.52. The summed E-state index contributed by atoms with van der Waals surface area (Å²) in [5.74, 6) is 0.777. The molecule has 0 fully saturated rings. The third kappa shape index (κ3) is 3.83. The van der Waals surface area contributed by atoms with Crippen molar-refractivity contribution in [2.75, 3.05) is 0 Å². The molecule has 0 aliphatic rings. The highest BCUT2D eigenvalue weighted by Gasteiger charge is 2.18. The first-order valence-electron chi connectivity index (χ1n) is 8.10. The summed E-state index contributed by atoms with van der Waals surface area (Å²) < 4.78 is 2.00. The summed E-state index contributed by atoms with van der Waals surface area (Å²) in [6.45, 7) is 6.40. The molecule has 0 amide bonds. The molecule has 0 aliphatic carbocycles. The Bertz CT molecular complexity index is 924. The lowest BCUT2D eigenvalue weighted by atomic mass is 10.1. The maximum absolute atomic E-state index is 11.0. The molecule has 26 heavy (non-hydrogen) atoms. The minimum atomic E-state index is -0.380. The number of rotatable bonds is 7. The maximum atomic E-state index is 11.0. The van der Waals surface area contributed by atoms with Gasteiger partial charge in [0.05, 0.1) is 4.92 Å². The third-order valence-corrected chi connectivity index (χ3v) is 5.03. The molecule has 132 valence electrons. The lowest BCUT2D eigenvalue weighted by Gasteiger charge is -2.12. The lowest BCUT2D eigenvalue weighted by molar-refractivity contribution is -0.384. The van der Waals surface area contributed by atoms with Gasteiger partial charge in [0.1, 0.15) is 0 Å². The van der Waals surface area contributed by atoms with Crippen LogP contribution in [-0.4, -0.2) is 19.7 Å². The van der Waals surface area contributed by atoms with Crippen molar-refractivity contribution in [2.24, 2.45) is 0 Å². The molecule has 0 unspecified atom stereocenters. The van der Waals surface area contributed by atoms with Gasteiger partial charge in [-0.2, -0.15) is 0 Å². The van der Waals surface area contributed by atoms with Crippen LogP contribution in [0.1, 0.15) is 17.7 Å². The zero-order chi connectivity index (χ0) is 18.5. The Kier molecular flexibility index (Phi) is 5.48. The van der Waals surface area contributed by atoms with Gasteiger partial charge in [-0.1, -0.05) is 60.3 Å². The Morgan fingerprint density at radius 1 is 1.23 bits per heavy atom. The minimum absolute atomic E-state index is 0.00807. The van der Waals surface area contributed by atoms with Crippen LogP contribution in [0.3, 0.4) is 0 Å². The van der Waals surface area contributed by atoms with Crippen molar-refractivity contribution in [3.05, 3.63) is 82.9 Å². The highest BCUT2D eigenvalue weighted by Crippen LogP contribution is 2.36. The van der Waals surface area contributed by atoms with Crippen molar-refractivity contribution in [1.29, 1.82) is 0 Å². The molecule has 7 heteroatoms. The SMILES string of the molecule is C=CCn1c(S[C@H](C)c2cccc([N+](=O)[O-])c2)nnc1-c1ccccc1. The van der Waals surface area contributed by atoms with Crippen LogP contribution in [0.25, 0.3) is 11.4 Å². The number of hydrogen-bond donors (Lipinski definition) is 0. The molecule has 3 rings (SSSR count). The van der Waals surface area contributed by atoms with Gasteiger partial charge in [0.25, 0.3) is 5.69 Å². The van der Waals surface area contributed by atoms with Crippen LogP contribution >= 0.6 is 11.8 Å². The van der Waals surface area contributed by atoms with E-state index in [-0.39, 0.29) is 15.9 Å². The number of hydrogen-bond acceptors (Lipinski definition) is 5. The Labute approximate surface area is 155 Å². The van der Waals surface area contributed by atoms with E-state index in [1.165, 1.54) is 17.8 Å². The molecule has 2 aromatic carbocycles. The molecule has 1 aromatic heterocycles. The van der Waals surface area contributed by atoms with Gasteiger partial charge in [0.2, 0.25) is 0 Å². The van der Waals surface area contributed by atoms with E-state index in [4.69, 9.17) is 0 Å². The molecular formula is C19H18N4O2S. The van der Waals surface area contributed by atoms with Crippen LogP contribution in [0, 0.1) is 10.1 Å². The second kappa shape index (κ2) is 7.97. The summed E-state index contributed by atoms with van der Waals surface area (Å²) in [6.07, 6.45) is 1.80. The fourth-order valence-corrected chi connectivity index (χ4v) is 3.56. The first-order valence-corrected chi connectivity index (χ1v) is 8.98. The number of allylic oxidation sites excluding steroid dienone is 1. The topological polar surface area (TPSA) is 73.8 Å². The number of nitro groups is 1. The van der Waals surface area contributed by atoms with Crippen LogP contribution in [0.4, 0.5) is 5.69 Å². The van der Waals surface area contributed by atoms with Crippen LogP contribution in [0.2, 0.25) is 0 Å². The van der Waals surface area contributed by atoms with Gasteiger partial charge >= 0.3 is 0 Å². The highest BCUT2D eigenvalue weighted by atomic mass is 32.2. The van der Waals surface area contributed by atoms with E-state index in [9.17, 15) is 10.1 Å². The number of nitrogens with zero attached hydrogens (tertiary/aromatic N) is 4. The van der Waals surface area contributed by atoms with Crippen molar-refractivity contribution < 1.29 is 4.92 Å². The second-order valence-electron chi connectivity index (χ2n) is 5.68. The van der Waals surface area contributed by atoms with E-state index in [0.29, 0.717) is 6.54 Å². The molecule has 1 atom stereocenters. The van der Waals surface area contributed by atoms with Gasteiger partial charge in [0, 0.05) is 29.5 Å². The summed E-state index contributed by atoms with van der Waals surface area (Å²) in [4.78, 5) is 10.6. The van der Waals surface area contributed by atoms with E-state index >= 15 is 0 Å². The van der Waals surface area contributed by atoms with E-state index in [1.807, 2.05) is 47.9 Å². The van der Waals surface area contributed by atoms with Crippen LogP contribution in [-0.2, 0) is 6.54 Å².